The Hall–Kier alpha value is -1.35. The van der Waals surface area contributed by atoms with Gasteiger partial charge in [0.2, 0.25) is 0 Å². The van der Waals surface area contributed by atoms with Gasteiger partial charge in [0.1, 0.15) is 5.82 Å². The summed E-state index contributed by atoms with van der Waals surface area (Å²) in [6, 6.07) is 4.54. The van der Waals surface area contributed by atoms with Gasteiger partial charge in [-0.15, -0.1) is 24.0 Å². The minimum absolute atomic E-state index is 0. The summed E-state index contributed by atoms with van der Waals surface area (Å²) >= 11 is 6.11. The molecule has 0 radical (unpaired) electrons. The maximum atomic E-state index is 13.2. The topological polar surface area (TPSA) is 45.5 Å². The van der Waals surface area contributed by atoms with Crippen molar-refractivity contribution in [3.63, 3.8) is 0 Å². The average Bonchev–Trinajstić information content (AvgIpc) is 3.25. The predicted molar refractivity (Wildman–Crippen MR) is 123 cm³/mol. The number of aromatic nitrogens is 2. The highest BCUT2D eigenvalue weighted by Gasteiger charge is 2.25. The van der Waals surface area contributed by atoms with Crippen LogP contribution in [0.4, 0.5) is 4.39 Å². The van der Waals surface area contributed by atoms with E-state index in [4.69, 9.17) is 16.6 Å². The molecule has 1 aliphatic heterocycles. The van der Waals surface area contributed by atoms with Crippen LogP contribution >= 0.6 is 35.6 Å². The quantitative estimate of drug-likeness (QED) is 0.358. The van der Waals surface area contributed by atoms with Gasteiger partial charge in [0.15, 0.2) is 5.96 Å². The normalized spacial score (nSPS) is 16.9. The monoisotopic (exact) mass is 519 g/mol. The SMILES string of the molecule is CCNC(=NCCc1ccc(F)cc1Cl)N1CCC(Cc2cnn(C)c2)C1.I. The molecular formula is C20H28ClFIN5. The van der Waals surface area contributed by atoms with Crippen molar-refractivity contribution in [2.75, 3.05) is 26.2 Å². The number of rotatable bonds is 6. The number of likely N-dealkylation sites (tertiary alicyclic amines) is 1. The summed E-state index contributed by atoms with van der Waals surface area (Å²) in [5.74, 6) is 1.26. The van der Waals surface area contributed by atoms with Crippen LogP contribution in [0.5, 0.6) is 0 Å². The van der Waals surface area contributed by atoms with Crippen LogP contribution in [0.15, 0.2) is 35.6 Å². The van der Waals surface area contributed by atoms with Gasteiger partial charge in [-0.1, -0.05) is 17.7 Å². The maximum absolute atomic E-state index is 13.2. The molecule has 3 rings (SSSR count). The summed E-state index contributed by atoms with van der Waals surface area (Å²) in [4.78, 5) is 7.09. The average molecular weight is 520 g/mol. The molecule has 1 unspecified atom stereocenters. The van der Waals surface area contributed by atoms with E-state index in [-0.39, 0.29) is 29.8 Å². The van der Waals surface area contributed by atoms with Crippen LogP contribution in [0.2, 0.25) is 5.02 Å². The van der Waals surface area contributed by atoms with Crippen molar-refractivity contribution in [1.82, 2.24) is 20.0 Å². The van der Waals surface area contributed by atoms with E-state index in [0.29, 0.717) is 23.9 Å². The lowest BCUT2D eigenvalue weighted by atomic mass is 10.0. The molecule has 0 aliphatic carbocycles. The van der Waals surface area contributed by atoms with E-state index in [1.54, 1.807) is 6.07 Å². The Balaban J connectivity index is 0.00000280. The molecule has 8 heteroatoms. The van der Waals surface area contributed by atoms with Gasteiger partial charge in [-0.05, 0) is 55.4 Å². The Morgan fingerprint density at radius 3 is 2.93 bits per heavy atom. The van der Waals surface area contributed by atoms with Gasteiger partial charge in [0.05, 0.1) is 6.20 Å². The first-order valence-corrected chi connectivity index (χ1v) is 9.87. The summed E-state index contributed by atoms with van der Waals surface area (Å²) in [5.41, 5.74) is 2.21. The van der Waals surface area contributed by atoms with E-state index in [0.717, 1.165) is 44.0 Å². The highest BCUT2D eigenvalue weighted by molar-refractivity contribution is 14.0. The Labute approximate surface area is 188 Å². The van der Waals surface area contributed by atoms with E-state index in [1.807, 2.05) is 17.9 Å². The molecule has 2 aromatic rings. The number of benzene rings is 1. The molecule has 0 saturated carbocycles. The Morgan fingerprint density at radius 1 is 1.43 bits per heavy atom. The number of aryl methyl sites for hydroxylation is 1. The fourth-order valence-electron chi connectivity index (χ4n) is 3.53. The summed E-state index contributed by atoms with van der Waals surface area (Å²) in [6.07, 6.45) is 6.95. The molecule has 2 heterocycles. The number of aliphatic imine (C=N–C) groups is 1. The molecule has 0 spiro atoms. The van der Waals surface area contributed by atoms with Crippen LogP contribution in [0, 0.1) is 11.7 Å². The predicted octanol–water partition coefficient (Wildman–Crippen LogP) is 3.90. The van der Waals surface area contributed by atoms with Crippen LogP contribution < -0.4 is 5.32 Å². The summed E-state index contributed by atoms with van der Waals surface area (Å²) < 4.78 is 15.0. The molecule has 1 atom stereocenters. The molecule has 1 fully saturated rings. The van der Waals surface area contributed by atoms with Gasteiger partial charge in [-0.2, -0.15) is 5.10 Å². The first-order chi connectivity index (χ1) is 13.0. The standard InChI is InChI=1S/C20H27ClFN5.HI/c1-3-23-20(24-8-6-17-4-5-18(22)11-19(17)21)27-9-7-15(14-27)10-16-12-25-26(2)13-16;/h4-5,11-13,15H,3,6-10,14H2,1-2H3,(H,23,24);1H. The van der Waals surface area contributed by atoms with Crippen LogP contribution in [0.1, 0.15) is 24.5 Å². The highest BCUT2D eigenvalue weighted by Crippen LogP contribution is 2.21. The molecule has 28 heavy (non-hydrogen) atoms. The number of hydrogen-bond donors (Lipinski definition) is 1. The smallest absolute Gasteiger partial charge is 0.193 e. The largest absolute Gasteiger partial charge is 0.357 e. The van der Waals surface area contributed by atoms with Crippen LogP contribution in [-0.2, 0) is 19.9 Å². The Bertz CT molecular complexity index is 795. The molecule has 1 N–H and O–H groups in total. The van der Waals surface area contributed by atoms with Crippen molar-refractivity contribution in [2.24, 2.45) is 18.0 Å². The van der Waals surface area contributed by atoms with E-state index in [2.05, 4.69) is 28.4 Å². The van der Waals surface area contributed by atoms with Gasteiger partial charge in [-0.25, -0.2) is 4.39 Å². The fourth-order valence-corrected chi connectivity index (χ4v) is 3.80. The molecule has 5 nitrogen and oxygen atoms in total. The molecule has 0 amide bonds. The lowest BCUT2D eigenvalue weighted by molar-refractivity contribution is 0.460. The zero-order chi connectivity index (χ0) is 19.2. The van der Waals surface area contributed by atoms with Gasteiger partial charge in [0.25, 0.3) is 0 Å². The number of nitrogens with zero attached hydrogens (tertiary/aromatic N) is 4. The summed E-state index contributed by atoms with van der Waals surface area (Å²) in [7, 11) is 1.95. The van der Waals surface area contributed by atoms with E-state index in [1.165, 1.54) is 17.7 Å². The van der Waals surface area contributed by atoms with Gasteiger partial charge < -0.3 is 10.2 Å². The maximum Gasteiger partial charge on any atom is 0.193 e. The number of guanidine groups is 1. The first kappa shape index (κ1) is 22.9. The zero-order valence-corrected chi connectivity index (χ0v) is 19.5. The molecule has 1 aliphatic rings. The number of halogens is 3. The first-order valence-electron chi connectivity index (χ1n) is 9.50. The molecule has 154 valence electrons. The van der Waals surface area contributed by atoms with Gasteiger partial charge in [0, 0.05) is 44.4 Å². The molecule has 1 aromatic heterocycles. The van der Waals surface area contributed by atoms with Crippen molar-refractivity contribution in [2.45, 2.75) is 26.2 Å². The van der Waals surface area contributed by atoms with Crippen molar-refractivity contribution < 1.29 is 4.39 Å². The lowest BCUT2D eigenvalue weighted by Crippen LogP contribution is -2.40. The van der Waals surface area contributed by atoms with E-state index < -0.39 is 0 Å². The number of hydrogen-bond acceptors (Lipinski definition) is 2. The molecule has 1 saturated heterocycles. The summed E-state index contributed by atoms with van der Waals surface area (Å²) in [5, 5.41) is 8.11. The zero-order valence-electron chi connectivity index (χ0n) is 16.4. The minimum Gasteiger partial charge on any atom is -0.357 e. The van der Waals surface area contributed by atoms with Crippen molar-refractivity contribution in [3.05, 3.63) is 52.6 Å². The second kappa shape index (κ2) is 11.0. The second-order valence-electron chi connectivity index (χ2n) is 7.05. The number of nitrogens with one attached hydrogen (secondary N) is 1. The van der Waals surface area contributed by atoms with Crippen molar-refractivity contribution in [1.29, 1.82) is 0 Å². The van der Waals surface area contributed by atoms with Gasteiger partial charge in [-0.3, -0.25) is 9.67 Å². The minimum atomic E-state index is -0.308. The van der Waals surface area contributed by atoms with E-state index >= 15 is 0 Å². The Kier molecular flexibility index (Phi) is 9.01. The molecule has 0 bridgehead atoms. The van der Waals surface area contributed by atoms with Crippen LogP contribution in [0.3, 0.4) is 0 Å². The highest BCUT2D eigenvalue weighted by atomic mass is 127. The lowest BCUT2D eigenvalue weighted by Gasteiger charge is -2.21. The molecule has 1 aromatic carbocycles. The second-order valence-corrected chi connectivity index (χ2v) is 7.46. The summed E-state index contributed by atoms with van der Waals surface area (Å²) in [6.45, 7) is 5.54. The van der Waals surface area contributed by atoms with Crippen LogP contribution in [0.25, 0.3) is 0 Å². The van der Waals surface area contributed by atoms with Gasteiger partial charge >= 0.3 is 0 Å². The van der Waals surface area contributed by atoms with Crippen LogP contribution in [-0.4, -0.2) is 46.8 Å². The third-order valence-electron chi connectivity index (χ3n) is 4.86. The third-order valence-corrected chi connectivity index (χ3v) is 5.21. The fraction of sp³-hybridized carbons (Fsp3) is 0.500. The Morgan fingerprint density at radius 2 is 2.25 bits per heavy atom. The van der Waals surface area contributed by atoms with E-state index in [9.17, 15) is 4.39 Å². The third kappa shape index (κ3) is 6.34. The van der Waals surface area contributed by atoms with Crippen molar-refractivity contribution >= 4 is 41.5 Å². The van der Waals surface area contributed by atoms with Crippen molar-refractivity contribution in [3.8, 4) is 0 Å². The molecular weight excluding hydrogens is 492 g/mol.